The van der Waals surface area contributed by atoms with E-state index in [0.717, 1.165) is 12.8 Å². The van der Waals surface area contributed by atoms with Gasteiger partial charge in [-0.25, -0.2) is 4.79 Å². The van der Waals surface area contributed by atoms with Gasteiger partial charge in [-0.3, -0.25) is 0 Å². The Balaban J connectivity index is 1.84. The van der Waals surface area contributed by atoms with E-state index in [1.807, 2.05) is 0 Å². The van der Waals surface area contributed by atoms with E-state index in [9.17, 15) is 4.79 Å². The Labute approximate surface area is 135 Å². The predicted molar refractivity (Wildman–Crippen MR) is 84.0 cm³/mol. The minimum atomic E-state index is -1.05. The lowest BCUT2D eigenvalue weighted by molar-refractivity contribution is -0.132. The number of hydrogen-bond donors (Lipinski definition) is 1. The number of carboxylic acid groups (broad SMARTS) is 1. The third-order valence-corrected chi connectivity index (χ3v) is 4.43. The van der Waals surface area contributed by atoms with Crippen molar-refractivity contribution in [1.29, 1.82) is 0 Å². The summed E-state index contributed by atoms with van der Waals surface area (Å²) in [5.74, 6) is -0.111. The van der Waals surface area contributed by atoms with Crippen molar-refractivity contribution in [3.8, 4) is 0 Å². The van der Waals surface area contributed by atoms with E-state index in [-0.39, 0.29) is 17.4 Å². The summed E-state index contributed by atoms with van der Waals surface area (Å²) in [5, 5.41) is 12.9. The Morgan fingerprint density at radius 3 is 2.62 bits per heavy atom. The van der Waals surface area contributed by atoms with Crippen LogP contribution in [0.2, 0.25) is 0 Å². The number of carboxylic acids is 1. The molecule has 1 heterocycles. The first-order valence-corrected chi connectivity index (χ1v) is 7.59. The zero-order valence-corrected chi connectivity index (χ0v) is 13.3. The number of benzene rings is 1. The molecular weight excluding hydrogens is 383 g/mol. The maximum Gasteiger partial charge on any atom is 0.331 e. The average molecular weight is 396 g/mol. The van der Waals surface area contributed by atoms with E-state index in [4.69, 9.17) is 9.63 Å². The normalized spacial score (nSPS) is 15.7. The summed E-state index contributed by atoms with van der Waals surface area (Å²) < 4.78 is 6.35. The van der Waals surface area contributed by atoms with E-state index in [1.54, 1.807) is 0 Å². The fourth-order valence-electron chi connectivity index (χ4n) is 2.31. The first-order chi connectivity index (χ1) is 10.0. The molecule has 1 aromatic carbocycles. The van der Waals surface area contributed by atoms with Gasteiger partial charge in [0.1, 0.15) is 0 Å². The summed E-state index contributed by atoms with van der Waals surface area (Å²) in [6.07, 6.45) is 2.03. The van der Waals surface area contributed by atoms with Gasteiger partial charge in [-0.15, -0.1) is 0 Å². The van der Waals surface area contributed by atoms with Gasteiger partial charge >= 0.3 is 5.97 Å². The smallest absolute Gasteiger partial charge is 0.331 e. The molecule has 0 saturated heterocycles. The average Bonchev–Trinajstić information content (AvgIpc) is 3.13. The molecule has 1 aliphatic carbocycles. The van der Waals surface area contributed by atoms with Crippen molar-refractivity contribution in [2.75, 3.05) is 0 Å². The van der Waals surface area contributed by atoms with Crippen molar-refractivity contribution >= 4 is 28.6 Å². The highest BCUT2D eigenvalue weighted by Gasteiger charge is 2.49. The van der Waals surface area contributed by atoms with Gasteiger partial charge in [0, 0.05) is 9.14 Å². The van der Waals surface area contributed by atoms with Gasteiger partial charge in [-0.2, -0.15) is 4.98 Å². The lowest BCUT2D eigenvalue weighted by atomic mass is 9.95. The molecule has 0 atom stereocenters. The van der Waals surface area contributed by atoms with E-state index in [0.29, 0.717) is 11.7 Å². The largest absolute Gasteiger partial charge is 0.478 e. The molecule has 0 amide bonds. The standard InChI is InChI=1S/C15H13IN2O3/c1-9(13(19)20)8-12-17-14(18-21-12)15(6-7-15)10-2-4-11(16)5-3-10/h2-5H,1,6-8H2,(H,19,20). The molecule has 1 aliphatic rings. The van der Waals surface area contributed by atoms with E-state index < -0.39 is 5.97 Å². The van der Waals surface area contributed by atoms with E-state index in [1.165, 1.54) is 9.13 Å². The molecule has 1 aromatic heterocycles. The van der Waals surface area contributed by atoms with Crippen LogP contribution in [0.25, 0.3) is 0 Å². The van der Waals surface area contributed by atoms with Crippen LogP contribution in [0.5, 0.6) is 0 Å². The maximum absolute atomic E-state index is 10.8. The second-order valence-electron chi connectivity index (χ2n) is 5.19. The molecule has 3 rings (SSSR count). The minimum absolute atomic E-state index is 0.0457. The third-order valence-electron chi connectivity index (χ3n) is 3.71. The summed E-state index contributed by atoms with van der Waals surface area (Å²) in [6.45, 7) is 3.48. The molecular formula is C15H13IN2O3. The summed E-state index contributed by atoms with van der Waals surface area (Å²) >= 11 is 2.27. The first kappa shape index (κ1) is 14.2. The number of rotatable bonds is 5. The fourth-order valence-corrected chi connectivity index (χ4v) is 2.67. The second kappa shape index (κ2) is 5.25. The maximum atomic E-state index is 10.8. The zero-order valence-electron chi connectivity index (χ0n) is 11.2. The van der Waals surface area contributed by atoms with Gasteiger partial charge in [0.2, 0.25) is 5.89 Å². The Bertz CT molecular complexity index is 702. The van der Waals surface area contributed by atoms with E-state index >= 15 is 0 Å². The van der Waals surface area contributed by atoms with Crippen LogP contribution in [0.1, 0.15) is 30.1 Å². The van der Waals surface area contributed by atoms with Crippen LogP contribution in [0.3, 0.4) is 0 Å². The van der Waals surface area contributed by atoms with Crippen molar-refractivity contribution in [1.82, 2.24) is 10.1 Å². The van der Waals surface area contributed by atoms with Gasteiger partial charge in [0.05, 0.1) is 11.8 Å². The summed E-state index contributed by atoms with van der Waals surface area (Å²) in [5.41, 5.74) is 1.05. The molecule has 5 nitrogen and oxygen atoms in total. The number of nitrogens with zero attached hydrogens (tertiary/aromatic N) is 2. The third kappa shape index (κ3) is 2.72. The van der Waals surface area contributed by atoms with Crippen LogP contribution < -0.4 is 0 Å². The van der Waals surface area contributed by atoms with Crippen LogP contribution in [0, 0.1) is 3.57 Å². The van der Waals surface area contributed by atoms with Crippen LogP contribution in [0.15, 0.2) is 40.9 Å². The number of hydrogen-bond acceptors (Lipinski definition) is 4. The SMILES string of the molecule is C=C(Cc1nc(C2(c3ccc(I)cc3)CC2)no1)C(=O)O. The Hall–Kier alpha value is -1.70. The Morgan fingerprint density at radius 1 is 1.38 bits per heavy atom. The minimum Gasteiger partial charge on any atom is -0.478 e. The Kier molecular flexibility index (Phi) is 3.56. The van der Waals surface area contributed by atoms with Crippen molar-refractivity contribution < 1.29 is 14.4 Å². The molecule has 0 unspecified atom stereocenters. The van der Waals surface area contributed by atoms with Crippen molar-refractivity contribution in [2.24, 2.45) is 0 Å². The number of halogens is 1. The van der Waals surface area contributed by atoms with Crippen LogP contribution >= 0.6 is 22.6 Å². The van der Waals surface area contributed by atoms with Crippen molar-refractivity contribution in [3.63, 3.8) is 0 Å². The molecule has 1 N–H and O–H groups in total. The lowest BCUT2D eigenvalue weighted by Gasteiger charge is -2.10. The Morgan fingerprint density at radius 2 is 2.05 bits per heavy atom. The quantitative estimate of drug-likeness (QED) is 0.622. The predicted octanol–water partition coefficient (Wildman–Crippen LogP) is 2.94. The van der Waals surface area contributed by atoms with Crippen molar-refractivity contribution in [3.05, 3.63) is 57.3 Å². The second-order valence-corrected chi connectivity index (χ2v) is 6.43. The summed E-state index contributed by atoms with van der Waals surface area (Å²) in [6, 6.07) is 8.29. The number of carbonyl (C=O) groups is 1. The molecule has 1 saturated carbocycles. The van der Waals surface area contributed by atoms with Crippen molar-refractivity contribution in [2.45, 2.75) is 24.7 Å². The van der Waals surface area contributed by atoms with Gasteiger partial charge < -0.3 is 9.63 Å². The zero-order chi connectivity index (χ0) is 15.0. The molecule has 108 valence electrons. The molecule has 21 heavy (non-hydrogen) atoms. The molecule has 0 spiro atoms. The van der Waals surface area contributed by atoms with Gasteiger partial charge in [0.15, 0.2) is 5.82 Å². The van der Waals surface area contributed by atoms with Crippen LogP contribution in [-0.2, 0) is 16.6 Å². The fraction of sp³-hybridized carbons (Fsp3) is 0.267. The molecule has 0 radical (unpaired) electrons. The first-order valence-electron chi connectivity index (χ1n) is 6.51. The highest BCUT2D eigenvalue weighted by Crippen LogP contribution is 2.52. The van der Waals surface area contributed by atoms with Gasteiger partial charge in [-0.1, -0.05) is 23.9 Å². The highest BCUT2D eigenvalue weighted by molar-refractivity contribution is 14.1. The molecule has 2 aromatic rings. The van der Waals surface area contributed by atoms with Gasteiger partial charge in [-0.05, 0) is 53.1 Å². The topological polar surface area (TPSA) is 76.2 Å². The molecule has 6 heteroatoms. The number of aromatic nitrogens is 2. The summed E-state index contributed by atoms with van der Waals surface area (Å²) in [7, 11) is 0. The summed E-state index contributed by atoms with van der Waals surface area (Å²) in [4.78, 5) is 15.1. The van der Waals surface area contributed by atoms with Crippen LogP contribution in [-0.4, -0.2) is 21.2 Å². The number of aliphatic carboxylic acids is 1. The molecule has 0 bridgehead atoms. The van der Waals surface area contributed by atoms with Crippen LogP contribution in [0.4, 0.5) is 0 Å². The van der Waals surface area contributed by atoms with E-state index in [2.05, 4.69) is 63.6 Å². The highest BCUT2D eigenvalue weighted by atomic mass is 127. The monoisotopic (exact) mass is 396 g/mol. The van der Waals surface area contributed by atoms with Gasteiger partial charge in [0.25, 0.3) is 0 Å². The molecule has 0 aliphatic heterocycles. The molecule has 1 fully saturated rings. The lowest BCUT2D eigenvalue weighted by Crippen LogP contribution is -2.11.